The quantitative estimate of drug-likeness (QED) is 0.331. The van der Waals surface area contributed by atoms with E-state index < -0.39 is 0 Å². The molecular weight excluding hydrogens is 376 g/mol. The summed E-state index contributed by atoms with van der Waals surface area (Å²) in [6.45, 7) is 0. The molecule has 1 aromatic rings. The molecule has 1 aromatic carbocycles. The van der Waals surface area contributed by atoms with Crippen molar-refractivity contribution in [1.82, 2.24) is 5.32 Å². The fourth-order valence-corrected chi connectivity index (χ4v) is 5.54. The lowest BCUT2D eigenvalue weighted by Crippen LogP contribution is -2.35. The van der Waals surface area contributed by atoms with Crippen LogP contribution in [0, 0.1) is 11.8 Å². The van der Waals surface area contributed by atoms with Crippen molar-refractivity contribution in [3.8, 4) is 0 Å². The van der Waals surface area contributed by atoms with Gasteiger partial charge in [-0.2, -0.15) is 0 Å². The highest BCUT2D eigenvalue weighted by atomic mass is 32.2. The minimum atomic E-state index is 0.459. The zero-order valence-corrected chi connectivity index (χ0v) is 18.7. The highest BCUT2D eigenvalue weighted by Gasteiger charge is 2.27. The van der Waals surface area contributed by atoms with Crippen LogP contribution in [0.3, 0.4) is 0 Å². The van der Waals surface area contributed by atoms with E-state index in [0.29, 0.717) is 18.1 Å². The molecule has 3 aliphatic carbocycles. The second-order valence-corrected chi connectivity index (χ2v) is 10.3. The first kappa shape index (κ1) is 21.0. The molecule has 3 aliphatic rings. The number of para-hydroxylation sites is 1. The molecule has 0 unspecified atom stereocenters. The summed E-state index contributed by atoms with van der Waals surface area (Å²) in [4.78, 5) is 6.42. The van der Waals surface area contributed by atoms with E-state index in [0.717, 1.165) is 23.5 Å². The number of guanidine groups is 1. The fourth-order valence-electron chi connectivity index (χ4n) is 4.99. The van der Waals surface area contributed by atoms with E-state index >= 15 is 0 Å². The molecule has 29 heavy (non-hydrogen) atoms. The summed E-state index contributed by atoms with van der Waals surface area (Å²) in [6.07, 6.45) is 16.4. The van der Waals surface area contributed by atoms with Crippen molar-refractivity contribution < 1.29 is 0 Å². The summed E-state index contributed by atoms with van der Waals surface area (Å²) >= 11 is 1.78. The Kier molecular flexibility index (Phi) is 7.41. The van der Waals surface area contributed by atoms with E-state index in [9.17, 15) is 0 Å². The number of benzene rings is 1. The average Bonchev–Trinajstić information content (AvgIpc) is 3.55. The van der Waals surface area contributed by atoms with Gasteiger partial charge in [-0.1, -0.05) is 12.1 Å². The largest absolute Gasteiger partial charge is 0.353 e. The van der Waals surface area contributed by atoms with Gasteiger partial charge in [0.2, 0.25) is 0 Å². The summed E-state index contributed by atoms with van der Waals surface area (Å²) in [6, 6.07) is 10.1. The van der Waals surface area contributed by atoms with Crippen molar-refractivity contribution >= 4 is 23.4 Å². The van der Waals surface area contributed by atoms with E-state index in [2.05, 4.69) is 41.2 Å². The number of hydrogen-bond acceptors (Lipinski definition) is 3. The second-order valence-electron chi connectivity index (χ2n) is 9.41. The monoisotopic (exact) mass is 414 g/mol. The van der Waals surface area contributed by atoms with Crippen LogP contribution in [0.1, 0.15) is 70.6 Å². The van der Waals surface area contributed by atoms with E-state index in [1.807, 2.05) is 0 Å². The SMILES string of the molecule is CSc1ccccc1NC(=NC1CCC(CC2CCC(N)CC2)CC1)NC1CC1. The summed E-state index contributed by atoms with van der Waals surface area (Å²) in [7, 11) is 0. The van der Waals surface area contributed by atoms with Crippen LogP contribution in [-0.2, 0) is 0 Å². The first-order valence-electron chi connectivity index (χ1n) is 11.7. The van der Waals surface area contributed by atoms with Gasteiger partial charge in [-0.05, 0) is 101 Å². The molecule has 4 N–H and O–H groups in total. The van der Waals surface area contributed by atoms with Gasteiger partial charge >= 0.3 is 0 Å². The standard InChI is InChI=1S/C24H38N4S/c1-29-23-5-3-2-4-22(23)28-24(27-21-14-15-21)26-20-12-8-18(9-13-20)16-17-6-10-19(25)11-7-17/h2-5,17-21H,6-16,25H2,1H3,(H2,26,27,28). The van der Waals surface area contributed by atoms with Gasteiger partial charge in [-0.15, -0.1) is 11.8 Å². The molecule has 0 saturated heterocycles. The van der Waals surface area contributed by atoms with Gasteiger partial charge in [0.05, 0.1) is 11.7 Å². The van der Waals surface area contributed by atoms with Gasteiger partial charge in [0.25, 0.3) is 0 Å². The lowest BCUT2D eigenvalue weighted by Gasteiger charge is -2.32. The minimum Gasteiger partial charge on any atom is -0.353 e. The van der Waals surface area contributed by atoms with Gasteiger partial charge in [0.1, 0.15) is 0 Å². The Morgan fingerprint density at radius 3 is 2.28 bits per heavy atom. The molecule has 0 atom stereocenters. The van der Waals surface area contributed by atoms with E-state index in [4.69, 9.17) is 10.7 Å². The van der Waals surface area contributed by atoms with Gasteiger partial charge in [0.15, 0.2) is 5.96 Å². The number of nitrogens with zero attached hydrogens (tertiary/aromatic N) is 1. The molecular formula is C24H38N4S. The van der Waals surface area contributed by atoms with Crippen molar-refractivity contribution in [2.45, 2.75) is 93.7 Å². The Bertz CT molecular complexity index is 671. The summed E-state index contributed by atoms with van der Waals surface area (Å²) < 4.78 is 0. The molecule has 0 aliphatic heterocycles. The first-order valence-corrected chi connectivity index (χ1v) is 12.9. The van der Waals surface area contributed by atoms with Crippen LogP contribution in [0.15, 0.2) is 34.2 Å². The van der Waals surface area contributed by atoms with Crippen molar-refractivity contribution in [3.63, 3.8) is 0 Å². The van der Waals surface area contributed by atoms with Crippen LogP contribution in [0.25, 0.3) is 0 Å². The van der Waals surface area contributed by atoms with Crippen LogP contribution >= 0.6 is 11.8 Å². The molecule has 3 saturated carbocycles. The Morgan fingerprint density at radius 2 is 1.62 bits per heavy atom. The van der Waals surface area contributed by atoms with Crippen LogP contribution in [-0.4, -0.2) is 30.3 Å². The maximum atomic E-state index is 6.08. The Hall–Kier alpha value is -1.20. The van der Waals surface area contributed by atoms with Crippen LogP contribution in [0.2, 0.25) is 0 Å². The van der Waals surface area contributed by atoms with Crippen molar-refractivity contribution in [3.05, 3.63) is 24.3 Å². The minimum absolute atomic E-state index is 0.459. The van der Waals surface area contributed by atoms with Crippen LogP contribution in [0.5, 0.6) is 0 Å². The number of hydrogen-bond donors (Lipinski definition) is 3. The van der Waals surface area contributed by atoms with Gasteiger partial charge < -0.3 is 16.4 Å². The summed E-state index contributed by atoms with van der Waals surface area (Å²) in [5.41, 5.74) is 7.24. The molecule has 4 rings (SSSR count). The number of thioether (sulfide) groups is 1. The molecule has 160 valence electrons. The molecule has 4 nitrogen and oxygen atoms in total. The fraction of sp³-hybridized carbons (Fsp3) is 0.708. The smallest absolute Gasteiger partial charge is 0.196 e. The maximum absolute atomic E-state index is 6.08. The van der Waals surface area contributed by atoms with E-state index in [1.54, 1.807) is 11.8 Å². The molecule has 0 spiro atoms. The number of nitrogens with two attached hydrogens (primary N) is 1. The Morgan fingerprint density at radius 1 is 0.966 bits per heavy atom. The van der Waals surface area contributed by atoms with Gasteiger partial charge in [0, 0.05) is 17.0 Å². The summed E-state index contributed by atoms with van der Waals surface area (Å²) in [5.74, 6) is 2.82. The number of aliphatic imine (C=N–C) groups is 1. The second kappa shape index (κ2) is 10.2. The van der Waals surface area contributed by atoms with Gasteiger partial charge in [-0.3, -0.25) is 0 Å². The molecule has 0 bridgehead atoms. The predicted molar refractivity (Wildman–Crippen MR) is 126 cm³/mol. The van der Waals surface area contributed by atoms with Crippen LogP contribution < -0.4 is 16.4 Å². The maximum Gasteiger partial charge on any atom is 0.196 e. The Balaban J connectivity index is 1.31. The molecule has 0 radical (unpaired) electrons. The predicted octanol–water partition coefficient (Wildman–Crippen LogP) is 5.39. The number of rotatable bonds is 6. The Labute approximate surface area is 180 Å². The molecule has 3 fully saturated rings. The number of anilines is 1. The molecule has 0 aromatic heterocycles. The normalized spacial score (nSPS) is 30.8. The lowest BCUT2D eigenvalue weighted by atomic mass is 9.76. The highest BCUT2D eigenvalue weighted by Crippen LogP contribution is 2.36. The molecule has 0 heterocycles. The van der Waals surface area contributed by atoms with E-state index in [1.165, 1.54) is 75.5 Å². The zero-order valence-electron chi connectivity index (χ0n) is 17.9. The highest BCUT2D eigenvalue weighted by molar-refractivity contribution is 7.98. The topological polar surface area (TPSA) is 62.4 Å². The van der Waals surface area contributed by atoms with Crippen LogP contribution in [0.4, 0.5) is 5.69 Å². The third kappa shape index (κ3) is 6.39. The van der Waals surface area contributed by atoms with E-state index in [-0.39, 0.29) is 0 Å². The van der Waals surface area contributed by atoms with Crippen molar-refractivity contribution in [1.29, 1.82) is 0 Å². The molecule has 5 heteroatoms. The third-order valence-electron chi connectivity index (χ3n) is 6.96. The molecule has 0 amide bonds. The third-order valence-corrected chi connectivity index (χ3v) is 7.76. The zero-order chi connectivity index (χ0) is 20.1. The lowest BCUT2D eigenvalue weighted by molar-refractivity contribution is 0.226. The first-order chi connectivity index (χ1) is 14.2. The van der Waals surface area contributed by atoms with Gasteiger partial charge in [-0.25, -0.2) is 4.99 Å². The number of nitrogens with one attached hydrogen (secondary N) is 2. The average molecular weight is 415 g/mol. The van der Waals surface area contributed by atoms with Crippen molar-refractivity contribution in [2.24, 2.45) is 22.6 Å². The van der Waals surface area contributed by atoms with Crippen molar-refractivity contribution in [2.75, 3.05) is 11.6 Å². The summed E-state index contributed by atoms with van der Waals surface area (Å²) in [5, 5.41) is 7.24.